The van der Waals surface area contributed by atoms with Gasteiger partial charge in [-0.05, 0) is 70.6 Å². The molecule has 0 aromatic heterocycles. The highest BCUT2D eigenvalue weighted by Gasteiger charge is 2.20. The number of Topliss-reactive ketones (excluding diaryl/α,β-unsaturated/α-hetero) is 1. The predicted octanol–water partition coefficient (Wildman–Crippen LogP) is 8.04. The summed E-state index contributed by atoms with van der Waals surface area (Å²) in [5.74, 6) is -0.00430. The zero-order valence-electron chi connectivity index (χ0n) is 23.1. The van der Waals surface area contributed by atoms with Gasteiger partial charge in [0.05, 0.1) is 0 Å². The van der Waals surface area contributed by atoms with Crippen LogP contribution in [0.2, 0.25) is 0 Å². The van der Waals surface area contributed by atoms with E-state index in [1.54, 1.807) is 31.3 Å². The van der Waals surface area contributed by atoms with Crippen LogP contribution >= 0.6 is 0 Å². The largest absolute Gasteiger partial charge is 0.444 e. The summed E-state index contributed by atoms with van der Waals surface area (Å²) in [4.78, 5) is 25.5. The first-order chi connectivity index (χ1) is 16.2. The third-order valence-electron chi connectivity index (χ3n) is 5.19. The minimum absolute atomic E-state index is 0.00430. The number of amides is 1. The monoisotopic (exact) mass is 472 g/mol. The molecule has 1 N–H and O–H groups in total. The van der Waals surface area contributed by atoms with Gasteiger partial charge in [-0.1, -0.05) is 57.6 Å². The Morgan fingerprint density at radius 1 is 1.03 bits per heavy atom. The Kier molecular flexibility index (Phi) is 15.7. The molecule has 1 amide bonds. The fraction of sp³-hybridized carbons (Fsp3) is 0.586. The quantitative estimate of drug-likeness (QED) is 0.441. The van der Waals surface area contributed by atoms with Gasteiger partial charge in [0.25, 0.3) is 0 Å². The number of nitrogens with one attached hydrogen (secondary N) is 1. The van der Waals surface area contributed by atoms with Crippen molar-refractivity contribution in [2.45, 2.75) is 92.6 Å². The van der Waals surface area contributed by atoms with Gasteiger partial charge >= 0.3 is 6.09 Å². The summed E-state index contributed by atoms with van der Waals surface area (Å²) in [5, 5.41) is 2.99. The van der Waals surface area contributed by atoms with Gasteiger partial charge in [0, 0.05) is 38.3 Å². The summed E-state index contributed by atoms with van der Waals surface area (Å²) < 4.78 is 5.25. The molecule has 0 spiro atoms. The van der Waals surface area contributed by atoms with Crippen LogP contribution in [0.3, 0.4) is 0 Å². The van der Waals surface area contributed by atoms with Crippen molar-refractivity contribution in [2.24, 2.45) is 0 Å². The third-order valence-corrected chi connectivity index (χ3v) is 5.19. The highest BCUT2D eigenvalue weighted by atomic mass is 16.6. The van der Waals surface area contributed by atoms with Crippen molar-refractivity contribution in [3.63, 3.8) is 0 Å². The minimum atomic E-state index is -0.534. The molecule has 34 heavy (non-hydrogen) atoms. The molecule has 5 heteroatoms. The molecular weight excluding hydrogens is 424 g/mol. The molecule has 0 atom stereocenters. The van der Waals surface area contributed by atoms with Crippen molar-refractivity contribution in [1.29, 1.82) is 0 Å². The van der Waals surface area contributed by atoms with E-state index in [0.29, 0.717) is 12.1 Å². The highest BCUT2D eigenvalue weighted by molar-refractivity contribution is 6.01. The average molecular weight is 473 g/mol. The zero-order valence-corrected chi connectivity index (χ0v) is 23.1. The van der Waals surface area contributed by atoms with Gasteiger partial charge in [-0.25, -0.2) is 4.79 Å². The number of carbonyl (C=O) groups excluding carboxylic acids is 2. The van der Waals surface area contributed by atoms with E-state index in [0.717, 1.165) is 5.69 Å². The van der Waals surface area contributed by atoms with Crippen molar-refractivity contribution in [3.8, 4) is 0 Å². The minimum Gasteiger partial charge on any atom is -0.444 e. The van der Waals surface area contributed by atoms with Crippen molar-refractivity contribution < 1.29 is 14.3 Å². The summed E-state index contributed by atoms with van der Waals surface area (Å²) in [6.07, 6.45) is 11.3. The van der Waals surface area contributed by atoms with Gasteiger partial charge in [-0.15, -0.1) is 0 Å². The van der Waals surface area contributed by atoms with Gasteiger partial charge < -0.3 is 15.0 Å². The number of para-hydroxylation sites is 1. The number of carbonyl (C=O) groups is 2. The third kappa shape index (κ3) is 11.5. The maximum Gasteiger partial charge on any atom is 0.410 e. The Morgan fingerprint density at radius 3 is 2.26 bits per heavy atom. The first kappa shape index (κ1) is 31.4. The maximum absolute atomic E-state index is 12.2. The first-order valence-corrected chi connectivity index (χ1v) is 12.8. The van der Waals surface area contributed by atoms with Crippen molar-refractivity contribution in [1.82, 2.24) is 4.90 Å². The molecule has 0 heterocycles. The van der Waals surface area contributed by atoms with E-state index in [-0.39, 0.29) is 12.2 Å². The van der Waals surface area contributed by atoms with Crippen LogP contribution in [0.4, 0.5) is 10.5 Å². The SMILES string of the molecule is C1=CC2=C(CC1)CCC2.CC.CC.CNc1ccccc1C(=O)CCN(C)C(=O)OC(C)(C)C. The number of rotatable bonds is 5. The first-order valence-electron chi connectivity index (χ1n) is 12.8. The van der Waals surface area contributed by atoms with Crippen molar-refractivity contribution >= 4 is 17.6 Å². The molecule has 0 bridgehead atoms. The fourth-order valence-electron chi connectivity index (χ4n) is 3.58. The van der Waals surface area contributed by atoms with Crippen molar-refractivity contribution in [3.05, 3.63) is 53.1 Å². The second-order valence-corrected chi connectivity index (χ2v) is 8.79. The summed E-state index contributed by atoms with van der Waals surface area (Å²) in [6.45, 7) is 13.8. The standard InChI is InChI=1S/C16H24N2O3.C9H12.2C2H6/c1-16(2,3)21-15(20)18(5)11-10-14(19)12-8-6-7-9-13(12)17-4;1-2-5-9-7-3-6-8(9)4-1;2*1-2/h6-9,17H,10-11H2,1-5H3;1,4H,2-3,5-7H2;2*1-2H3. The number of allylic oxidation sites excluding steroid dienone is 4. The van der Waals surface area contributed by atoms with Crippen LogP contribution in [0.25, 0.3) is 0 Å². The number of anilines is 1. The van der Waals surface area contributed by atoms with Gasteiger partial charge in [-0.3, -0.25) is 4.79 Å². The lowest BCUT2D eigenvalue weighted by Crippen LogP contribution is -2.35. The van der Waals surface area contributed by atoms with E-state index < -0.39 is 11.7 Å². The van der Waals surface area contributed by atoms with Crippen LogP contribution in [0, 0.1) is 0 Å². The number of benzene rings is 1. The molecule has 2 aliphatic carbocycles. The average Bonchev–Trinajstić information content (AvgIpc) is 3.33. The van der Waals surface area contributed by atoms with Crippen LogP contribution in [0.1, 0.15) is 97.3 Å². The molecule has 0 saturated heterocycles. The van der Waals surface area contributed by atoms with E-state index in [4.69, 9.17) is 4.74 Å². The molecule has 0 saturated carbocycles. The Labute approximate surface area is 208 Å². The summed E-state index contributed by atoms with van der Waals surface area (Å²) in [7, 11) is 3.41. The molecule has 5 nitrogen and oxygen atoms in total. The van der Waals surface area contributed by atoms with E-state index in [9.17, 15) is 9.59 Å². The lowest BCUT2D eigenvalue weighted by atomic mass is 10.0. The number of hydrogen-bond donors (Lipinski definition) is 1. The summed E-state index contributed by atoms with van der Waals surface area (Å²) in [6, 6.07) is 7.33. The summed E-state index contributed by atoms with van der Waals surface area (Å²) in [5.41, 5.74) is 4.30. The fourth-order valence-corrected chi connectivity index (χ4v) is 3.58. The molecule has 0 aliphatic heterocycles. The van der Waals surface area contributed by atoms with Crippen LogP contribution < -0.4 is 5.32 Å². The zero-order chi connectivity index (χ0) is 26.1. The predicted molar refractivity (Wildman–Crippen MR) is 146 cm³/mol. The van der Waals surface area contributed by atoms with Gasteiger partial charge in [-0.2, -0.15) is 0 Å². The molecule has 1 aromatic rings. The van der Waals surface area contributed by atoms with Crippen LogP contribution in [-0.4, -0.2) is 43.0 Å². The number of ketones is 1. The molecule has 0 fully saturated rings. The highest BCUT2D eigenvalue weighted by Crippen LogP contribution is 2.32. The normalized spacial score (nSPS) is 13.7. The van der Waals surface area contributed by atoms with Gasteiger partial charge in [0.1, 0.15) is 5.60 Å². The summed E-state index contributed by atoms with van der Waals surface area (Å²) >= 11 is 0. The van der Waals surface area contributed by atoms with Crippen molar-refractivity contribution in [2.75, 3.05) is 26.0 Å². The molecule has 0 radical (unpaired) electrons. The maximum atomic E-state index is 12.2. The van der Waals surface area contributed by atoms with E-state index in [2.05, 4.69) is 17.5 Å². The second-order valence-electron chi connectivity index (χ2n) is 8.79. The molecule has 3 rings (SSSR count). The van der Waals surface area contributed by atoms with E-state index >= 15 is 0 Å². The van der Waals surface area contributed by atoms with E-state index in [1.807, 2.05) is 66.7 Å². The molecule has 1 aromatic carbocycles. The van der Waals surface area contributed by atoms with Gasteiger partial charge in [0.15, 0.2) is 5.78 Å². The van der Waals surface area contributed by atoms with E-state index in [1.165, 1.54) is 37.0 Å². The number of ether oxygens (including phenoxy) is 1. The second kappa shape index (κ2) is 17.0. The Hall–Kier alpha value is -2.56. The number of nitrogens with zero attached hydrogens (tertiary/aromatic N) is 1. The molecule has 0 unspecified atom stereocenters. The Bertz CT molecular complexity index is 804. The Balaban J connectivity index is 0.000000686. The molecule has 192 valence electrons. The van der Waals surface area contributed by atoms with Crippen LogP contribution in [-0.2, 0) is 4.74 Å². The smallest absolute Gasteiger partial charge is 0.410 e. The molecule has 2 aliphatic rings. The molecular formula is C29H48N2O3. The van der Waals surface area contributed by atoms with Gasteiger partial charge in [0.2, 0.25) is 0 Å². The lowest BCUT2D eigenvalue weighted by Gasteiger charge is -2.24. The number of hydrogen-bond acceptors (Lipinski definition) is 4. The van der Waals surface area contributed by atoms with Crippen LogP contribution in [0.5, 0.6) is 0 Å². The van der Waals surface area contributed by atoms with Crippen LogP contribution in [0.15, 0.2) is 47.6 Å². The Morgan fingerprint density at radius 2 is 1.68 bits per heavy atom. The topological polar surface area (TPSA) is 58.6 Å². The lowest BCUT2D eigenvalue weighted by molar-refractivity contribution is 0.0298.